The molecule has 2 aromatic carbocycles. The lowest BCUT2D eigenvalue weighted by molar-refractivity contribution is -0.137. The van der Waals surface area contributed by atoms with Crippen molar-refractivity contribution in [2.24, 2.45) is 0 Å². The van der Waals surface area contributed by atoms with Gasteiger partial charge in [0.05, 0.1) is 10.5 Å². The fourth-order valence-electron chi connectivity index (χ4n) is 3.44. The van der Waals surface area contributed by atoms with E-state index in [1.54, 1.807) is 30.3 Å². The summed E-state index contributed by atoms with van der Waals surface area (Å²) >= 11 is 0. The van der Waals surface area contributed by atoms with Crippen molar-refractivity contribution in [3.05, 3.63) is 65.2 Å². The van der Waals surface area contributed by atoms with Gasteiger partial charge < -0.3 is 0 Å². The van der Waals surface area contributed by atoms with Crippen LogP contribution in [0, 0.1) is 6.92 Å². The molecule has 3 nitrogen and oxygen atoms in total. The van der Waals surface area contributed by atoms with Crippen LogP contribution in [0.2, 0.25) is 0 Å². The molecule has 0 amide bonds. The Morgan fingerprint density at radius 3 is 2.15 bits per heavy atom. The topological polar surface area (TPSA) is 37.4 Å². The third-order valence-electron chi connectivity index (χ3n) is 5.37. The van der Waals surface area contributed by atoms with Crippen LogP contribution in [0.1, 0.15) is 36.5 Å². The molecule has 0 aliphatic carbocycles. The van der Waals surface area contributed by atoms with Gasteiger partial charge in [-0.3, -0.25) is 0 Å². The standard InChI is InChI=1S/C20H22F3NO2S/c1-15-6-8-18(9-7-15)27(25,26)24-12-10-19(2,11-13-24)16-4-3-5-17(14-16)20(21,22)23/h3-9,14H,10-13H2,1-2H3. The van der Waals surface area contributed by atoms with Gasteiger partial charge in [0.15, 0.2) is 0 Å². The second-order valence-electron chi connectivity index (χ2n) is 7.36. The zero-order valence-electron chi connectivity index (χ0n) is 15.3. The molecule has 0 N–H and O–H groups in total. The van der Waals surface area contributed by atoms with Crippen LogP contribution in [0.3, 0.4) is 0 Å². The van der Waals surface area contributed by atoms with Gasteiger partial charge in [-0.2, -0.15) is 17.5 Å². The molecule has 0 aromatic heterocycles. The highest BCUT2D eigenvalue weighted by Crippen LogP contribution is 2.39. The summed E-state index contributed by atoms with van der Waals surface area (Å²) in [5.41, 5.74) is 0.422. The summed E-state index contributed by atoms with van der Waals surface area (Å²) in [6, 6.07) is 12.0. The predicted molar refractivity (Wildman–Crippen MR) is 98.0 cm³/mol. The van der Waals surface area contributed by atoms with Gasteiger partial charge in [-0.25, -0.2) is 8.42 Å². The van der Waals surface area contributed by atoms with Crippen LogP contribution in [0.4, 0.5) is 13.2 Å². The second kappa shape index (κ2) is 6.95. The number of rotatable bonds is 3. The molecule has 27 heavy (non-hydrogen) atoms. The van der Waals surface area contributed by atoms with Crippen LogP contribution < -0.4 is 0 Å². The van der Waals surface area contributed by atoms with Gasteiger partial charge in [0.25, 0.3) is 0 Å². The Morgan fingerprint density at radius 2 is 1.59 bits per heavy atom. The van der Waals surface area contributed by atoms with Crippen molar-refractivity contribution < 1.29 is 21.6 Å². The summed E-state index contributed by atoms with van der Waals surface area (Å²) in [5, 5.41) is 0. The number of sulfonamides is 1. The molecule has 0 bridgehead atoms. The normalized spacial score (nSPS) is 18.4. The average Bonchev–Trinajstić information content (AvgIpc) is 2.62. The highest BCUT2D eigenvalue weighted by molar-refractivity contribution is 7.89. The highest BCUT2D eigenvalue weighted by Gasteiger charge is 2.38. The van der Waals surface area contributed by atoms with E-state index in [0.717, 1.165) is 11.6 Å². The Morgan fingerprint density at radius 1 is 1.00 bits per heavy atom. The fourth-order valence-corrected chi connectivity index (χ4v) is 4.88. The Kier molecular flexibility index (Phi) is 5.12. The molecule has 0 unspecified atom stereocenters. The summed E-state index contributed by atoms with van der Waals surface area (Å²) in [6.45, 7) is 4.35. The summed E-state index contributed by atoms with van der Waals surface area (Å²) in [4.78, 5) is 0.246. The number of piperidine rings is 1. The third-order valence-corrected chi connectivity index (χ3v) is 7.28. The SMILES string of the molecule is Cc1ccc(S(=O)(=O)N2CCC(C)(c3cccc(C(F)(F)F)c3)CC2)cc1. The van der Waals surface area contributed by atoms with Crippen molar-refractivity contribution >= 4 is 10.0 Å². The molecule has 0 atom stereocenters. The van der Waals surface area contributed by atoms with Crippen LogP contribution in [-0.4, -0.2) is 25.8 Å². The largest absolute Gasteiger partial charge is 0.416 e. The molecule has 1 aliphatic heterocycles. The maximum atomic E-state index is 13.0. The maximum absolute atomic E-state index is 13.0. The summed E-state index contributed by atoms with van der Waals surface area (Å²) < 4.78 is 66.1. The monoisotopic (exact) mass is 397 g/mol. The van der Waals surface area contributed by atoms with Crippen molar-refractivity contribution in [1.82, 2.24) is 4.31 Å². The fraction of sp³-hybridized carbons (Fsp3) is 0.400. The number of alkyl halides is 3. The molecule has 146 valence electrons. The lowest BCUT2D eigenvalue weighted by Crippen LogP contribution is -2.43. The molecule has 1 fully saturated rings. The van der Waals surface area contributed by atoms with E-state index in [4.69, 9.17) is 0 Å². The van der Waals surface area contributed by atoms with E-state index in [1.807, 2.05) is 13.8 Å². The zero-order valence-corrected chi connectivity index (χ0v) is 16.1. The van der Waals surface area contributed by atoms with Crippen LogP contribution in [0.25, 0.3) is 0 Å². The molecule has 7 heteroatoms. The first-order chi connectivity index (χ1) is 12.5. The Hall–Kier alpha value is -1.86. The van der Waals surface area contributed by atoms with Gasteiger partial charge in [0, 0.05) is 13.1 Å². The first-order valence-corrected chi connectivity index (χ1v) is 10.2. The van der Waals surface area contributed by atoms with Gasteiger partial charge in [0.2, 0.25) is 10.0 Å². The van der Waals surface area contributed by atoms with E-state index in [9.17, 15) is 21.6 Å². The smallest absolute Gasteiger partial charge is 0.207 e. The van der Waals surface area contributed by atoms with E-state index < -0.39 is 27.2 Å². The number of nitrogens with zero attached hydrogens (tertiary/aromatic N) is 1. The van der Waals surface area contributed by atoms with Crippen molar-refractivity contribution in [2.75, 3.05) is 13.1 Å². The van der Waals surface area contributed by atoms with Gasteiger partial charge >= 0.3 is 6.18 Å². The molecule has 1 heterocycles. The Bertz CT molecular complexity index is 913. The molecule has 0 saturated carbocycles. The molecular formula is C20H22F3NO2S. The summed E-state index contributed by atoms with van der Waals surface area (Å²) in [6.07, 6.45) is -3.44. The van der Waals surface area contributed by atoms with E-state index >= 15 is 0 Å². The molecule has 2 aromatic rings. The van der Waals surface area contributed by atoms with E-state index in [0.29, 0.717) is 18.4 Å². The number of aryl methyl sites for hydroxylation is 1. The van der Waals surface area contributed by atoms with E-state index in [-0.39, 0.29) is 18.0 Å². The van der Waals surface area contributed by atoms with E-state index in [2.05, 4.69) is 0 Å². The van der Waals surface area contributed by atoms with Crippen LogP contribution in [0.5, 0.6) is 0 Å². The lowest BCUT2D eigenvalue weighted by Gasteiger charge is -2.39. The second-order valence-corrected chi connectivity index (χ2v) is 9.29. The van der Waals surface area contributed by atoms with Crippen LogP contribution in [0.15, 0.2) is 53.4 Å². The molecular weight excluding hydrogens is 375 g/mol. The molecule has 1 saturated heterocycles. The first kappa shape index (κ1) is 19.9. The van der Waals surface area contributed by atoms with Crippen molar-refractivity contribution in [3.63, 3.8) is 0 Å². The summed E-state index contributed by atoms with van der Waals surface area (Å²) in [5.74, 6) is 0. The maximum Gasteiger partial charge on any atom is 0.416 e. The lowest BCUT2D eigenvalue weighted by atomic mass is 9.74. The minimum Gasteiger partial charge on any atom is -0.207 e. The Labute approximate surface area is 157 Å². The van der Waals surface area contributed by atoms with Crippen molar-refractivity contribution in [3.8, 4) is 0 Å². The third kappa shape index (κ3) is 4.04. The number of halogens is 3. The van der Waals surface area contributed by atoms with Gasteiger partial charge in [-0.15, -0.1) is 0 Å². The molecule has 0 spiro atoms. The van der Waals surface area contributed by atoms with Gasteiger partial charge in [-0.05, 0) is 48.9 Å². The highest BCUT2D eigenvalue weighted by atomic mass is 32.2. The molecule has 0 radical (unpaired) electrons. The Balaban J connectivity index is 1.79. The van der Waals surface area contributed by atoms with Gasteiger partial charge in [-0.1, -0.05) is 42.8 Å². The number of hydrogen-bond donors (Lipinski definition) is 0. The van der Waals surface area contributed by atoms with E-state index in [1.165, 1.54) is 16.4 Å². The quantitative estimate of drug-likeness (QED) is 0.749. The average molecular weight is 397 g/mol. The van der Waals surface area contributed by atoms with Crippen LogP contribution in [-0.2, 0) is 21.6 Å². The molecule has 3 rings (SSSR count). The number of benzene rings is 2. The van der Waals surface area contributed by atoms with Gasteiger partial charge in [0.1, 0.15) is 0 Å². The zero-order chi connectivity index (χ0) is 19.9. The minimum atomic E-state index is -4.39. The molecule has 1 aliphatic rings. The predicted octanol–water partition coefficient (Wildman–Crippen LogP) is 4.76. The van der Waals surface area contributed by atoms with Crippen molar-refractivity contribution in [2.45, 2.75) is 43.2 Å². The van der Waals surface area contributed by atoms with Crippen molar-refractivity contribution in [1.29, 1.82) is 0 Å². The van der Waals surface area contributed by atoms with Crippen LogP contribution >= 0.6 is 0 Å². The minimum absolute atomic E-state index is 0.246. The summed E-state index contributed by atoms with van der Waals surface area (Å²) in [7, 11) is -3.59. The first-order valence-electron chi connectivity index (χ1n) is 8.77. The number of hydrogen-bond acceptors (Lipinski definition) is 2.